The van der Waals surface area contributed by atoms with E-state index in [4.69, 9.17) is 4.74 Å². The first-order valence-electron chi connectivity index (χ1n) is 5.56. The van der Waals surface area contributed by atoms with Crippen LogP contribution in [0, 0.1) is 11.8 Å². The van der Waals surface area contributed by atoms with E-state index in [1.807, 2.05) is 6.92 Å². The molecule has 1 N–H and O–H groups in total. The molecule has 0 radical (unpaired) electrons. The van der Waals surface area contributed by atoms with Gasteiger partial charge in [0.15, 0.2) is 0 Å². The molecule has 0 aliphatic heterocycles. The van der Waals surface area contributed by atoms with Crippen LogP contribution in [-0.4, -0.2) is 31.0 Å². The molecular formula is C11H20BrNO2. The van der Waals surface area contributed by atoms with Crippen molar-refractivity contribution < 1.29 is 9.53 Å². The predicted octanol–water partition coefficient (Wildman–Crippen LogP) is 1.95. The third-order valence-corrected chi connectivity index (χ3v) is 3.57. The van der Waals surface area contributed by atoms with E-state index in [0.717, 1.165) is 13.0 Å². The summed E-state index contributed by atoms with van der Waals surface area (Å²) in [4.78, 5) is 11.9. The zero-order valence-electron chi connectivity index (χ0n) is 9.46. The number of ether oxygens (including phenoxy) is 1. The van der Waals surface area contributed by atoms with Crippen molar-refractivity contribution in [3.63, 3.8) is 0 Å². The maximum Gasteiger partial charge on any atom is 0.223 e. The van der Waals surface area contributed by atoms with Gasteiger partial charge in [0.25, 0.3) is 0 Å². The summed E-state index contributed by atoms with van der Waals surface area (Å²) in [5, 5.41) is 2.97. The number of amides is 1. The van der Waals surface area contributed by atoms with Crippen molar-refractivity contribution in [3.05, 3.63) is 0 Å². The maximum atomic E-state index is 11.6. The van der Waals surface area contributed by atoms with Gasteiger partial charge in [0, 0.05) is 24.4 Å². The number of hydrogen-bond donors (Lipinski definition) is 1. The molecule has 2 atom stereocenters. The molecule has 1 fully saturated rings. The largest absolute Gasteiger partial charge is 0.384 e. The van der Waals surface area contributed by atoms with Crippen molar-refractivity contribution in [2.75, 3.05) is 20.3 Å². The van der Waals surface area contributed by atoms with E-state index >= 15 is 0 Å². The lowest BCUT2D eigenvalue weighted by molar-refractivity contribution is -0.125. The third kappa shape index (κ3) is 4.98. The summed E-state index contributed by atoms with van der Waals surface area (Å²) < 4.78 is 5.00. The number of alkyl halides is 1. The minimum Gasteiger partial charge on any atom is -0.384 e. The van der Waals surface area contributed by atoms with E-state index < -0.39 is 0 Å². The van der Waals surface area contributed by atoms with Gasteiger partial charge < -0.3 is 10.1 Å². The van der Waals surface area contributed by atoms with E-state index in [1.165, 1.54) is 12.8 Å². The molecule has 1 aliphatic rings. The highest BCUT2D eigenvalue weighted by Gasteiger charge is 2.32. The van der Waals surface area contributed by atoms with Crippen molar-refractivity contribution >= 4 is 21.8 Å². The predicted molar refractivity (Wildman–Crippen MR) is 64.1 cm³/mol. The normalized spacial score (nSPS) is 19.7. The van der Waals surface area contributed by atoms with Gasteiger partial charge in [-0.05, 0) is 25.2 Å². The lowest BCUT2D eigenvalue weighted by Crippen LogP contribution is -2.32. The summed E-state index contributed by atoms with van der Waals surface area (Å²) >= 11 is 3.49. The molecule has 0 spiro atoms. The zero-order chi connectivity index (χ0) is 11.3. The van der Waals surface area contributed by atoms with Crippen LogP contribution in [0.25, 0.3) is 0 Å². The number of carbonyl (C=O) groups is 1. The molecule has 0 saturated heterocycles. The van der Waals surface area contributed by atoms with Gasteiger partial charge in [-0.15, -0.1) is 0 Å². The highest BCUT2D eigenvalue weighted by molar-refractivity contribution is 9.09. The van der Waals surface area contributed by atoms with Gasteiger partial charge in [0.2, 0.25) is 5.91 Å². The molecule has 88 valence electrons. The maximum absolute atomic E-state index is 11.6. The Morgan fingerprint density at radius 3 is 2.80 bits per heavy atom. The van der Waals surface area contributed by atoms with Crippen molar-refractivity contribution in [1.82, 2.24) is 5.32 Å². The van der Waals surface area contributed by atoms with Crippen LogP contribution >= 0.6 is 15.9 Å². The molecule has 1 rings (SSSR count). The van der Waals surface area contributed by atoms with Crippen molar-refractivity contribution in [3.8, 4) is 0 Å². The number of nitrogens with one attached hydrogen (secondary N) is 1. The molecule has 4 heteroatoms. The van der Waals surface area contributed by atoms with Crippen LogP contribution in [0.15, 0.2) is 0 Å². The second-order valence-electron chi connectivity index (χ2n) is 4.26. The summed E-state index contributed by atoms with van der Waals surface area (Å²) in [7, 11) is 1.68. The summed E-state index contributed by atoms with van der Waals surface area (Å²) in [6, 6.07) is 0. The molecule has 0 heterocycles. The Labute approximate surface area is 100 Å². The molecule has 15 heavy (non-hydrogen) atoms. The minimum atomic E-state index is 0.196. The second kappa shape index (κ2) is 6.48. The number of hydrogen-bond acceptors (Lipinski definition) is 2. The fourth-order valence-electron chi connectivity index (χ4n) is 1.59. The Morgan fingerprint density at radius 1 is 1.60 bits per heavy atom. The van der Waals surface area contributed by atoms with Gasteiger partial charge in [-0.3, -0.25) is 4.79 Å². The summed E-state index contributed by atoms with van der Waals surface area (Å²) in [5.41, 5.74) is 0. The second-order valence-corrected chi connectivity index (χ2v) is 5.55. The molecule has 0 aromatic heterocycles. The zero-order valence-corrected chi connectivity index (χ0v) is 11.0. The van der Waals surface area contributed by atoms with Crippen LogP contribution in [0.4, 0.5) is 0 Å². The SMILES string of the molecule is COCC(Br)CCNC(=O)C(C)C1CC1. The van der Waals surface area contributed by atoms with Crippen LogP contribution in [0.5, 0.6) is 0 Å². The summed E-state index contributed by atoms with van der Waals surface area (Å²) in [5.74, 6) is 1.04. The van der Waals surface area contributed by atoms with Crippen LogP contribution in [0.2, 0.25) is 0 Å². The number of rotatable bonds is 7. The molecule has 1 aliphatic carbocycles. The Kier molecular flexibility index (Phi) is 5.61. The van der Waals surface area contributed by atoms with Gasteiger partial charge in [-0.2, -0.15) is 0 Å². The Hall–Kier alpha value is -0.0900. The standard InChI is InChI=1S/C11H20BrNO2/c1-8(9-3-4-9)11(14)13-6-5-10(12)7-15-2/h8-10H,3-7H2,1-2H3,(H,13,14). The molecule has 3 nitrogen and oxygen atoms in total. The lowest BCUT2D eigenvalue weighted by Gasteiger charge is -2.12. The quantitative estimate of drug-likeness (QED) is 0.723. The monoisotopic (exact) mass is 277 g/mol. The van der Waals surface area contributed by atoms with E-state index in [-0.39, 0.29) is 11.8 Å². The molecule has 1 saturated carbocycles. The molecule has 0 bridgehead atoms. The average molecular weight is 278 g/mol. The first kappa shape index (κ1) is 13.0. The van der Waals surface area contributed by atoms with Crippen LogP contribution in [-0.2, 0) is 9.53 Å². The van der Waals surface area contributed by atoms with Crippen molar-refractivity contribution in [1.29, 1.82) is 0 Å². The molecule has 0 aromatic carbocycles. The molecular weight excluding hydrogens is 258 g/mol. The van der Waals surface area contributed by atoms with Crippen LogP contribution in [0.1, 0.15) is 26.2 Å². The lowest BCUT2D eigenvalue weighted by atomic mass is 10.1. The summed E-state index contributed by atoms with van der Waals surface area (Å²) in [6.45, 7) is 3.44. The minimum absolute atomic E-state index is 0.196. The Bertz CT molecular complexity index is 207. The van der Waals surface area contributed by atoms with Gasteiger partial charge in [-0.25, -0.2) is 0 Å². The van der Waals surface area contributed by atoms with Gasteiger partial charge >= 0.3 is 0 Å². The van der Waals surface area contributed by atoms with Gasteiger partial charge in [-0.1, -0.05) is 22.9 Å². The van der Waals surface area contributed by atoms with Crippen molar-refractivity contribution in [2.24, 2.45) is 11.8 Å². The van der Waals surface area contributed by atoms with Gasteiger partial charge in [0.1, 0.15) is 0 Å². The van der Waals surface area contributed by atoms with E-state index in [9.17, 15) is 4.79 Å². The molecule has 2 unspecified atom stereocenters. The van der Waals surface area contributed by atoms with Gasteiger partial charge in [0.05, 0.1) is 6.61 Å². The van der Waals surface area contributed by atoms with E-state index in [1.54, 1.807) is 7.11 Å². The Balaban J connectivity index is 2.05. The van der Waals surface area contributed by atoms with Crippen LogP contribution in [0.3, 0.4) is 0 Å². The molecule has 0 aromatic rings. The topological polar surface area (TPSA) is 38.3 Å². The third-order valence-electron chi connectivity index (χ3n) is 2.85. The summed E-state index contributed by atoms with van der Waals surface area (Å²) in [6.07, 6.45) is 3.36. The fraction of sp³-hybridized carbons (Fsp3) is 0.909. The fourth-order valence-corrected chi connectivity index (χ4v) is 2.08. The van der Waals surface area contributed by atoms with E-state index in [2.05, 4.69) is 21.2 Å². The number of methoxy groups -OCH3 is 1. The van der Waals surface area contributed by atoms with E-state index in [0.29, 0.717) is 17.4 Å². The number of halogens is 1. The Morgan fingerprint density at radius 2 is 2.27 bits per heavy atom. The van der Waals surface area contributed by atoms with Crippen molar-refractivity contribution in [2.45, 2.75) is 31.0 Å². The first-order valence-corrected chi connectivity index (χ1v) is 6.47. The smallest absolute Gasteiger partial charge is 0.223 e. The highest BCUT2D eigenvalue weighted by atomic mass is 79.9. The highest BCUT2D eigenvalue weighted by Crippen LogP contribution is 2.36. The molecule has 1 amide bonds. The van der Waals surface area contributed by atoms with Crippen LogP contribution < -0.4 is 5.32 Å². The first-order chi connectivity index (χ1) is 7.15. The number of carbonyl (C=O) groups excluding carboxylic acids is 1. The average Bonchev–Trinajstić information content (AvgIpc) is 3.00.